The summed E-state index contributed by atoms with van der Waals surface area (Å²) in [6.45, 7) is 2.54. The van der Waals surface area contributed by atoms with Crippen molar-refractivity contribution >= 4 is 38.6 Å². The summed E-state index contributed by atoms with van der Waals surface area (Å²) >= 11 is 2.65. The van der Waals surface area contributed by atoms with Gasteiger partial charge in [0.2, 0.25) is 10.0 Å². The summed E-state index contributed by atoms with van der Waals surface area (Å²) in [7, 11) is -3.67. The normalized spacial score (nSPS) is 17.7. The van der Waals surface area contributed by atoms with Crippen molar-refractivity contribution in [3.8, 4) is 0 Å². The predicted octanol–water partition coefficient (Wildman–Crippen LogP) is 2.51. The van der Waals surface area contributed by atoms with E-state index in [1.807, 2.05) is 6.07 Å². The van der Waals surface area contributed by atoms with E-state index in [2.05, 4.69) is 12.2 Å². The molecule has 0 spiro atoms. The number of nitrogens with two attached hydrogens (primary N) is 1. The van der Waals surface area contributed by atoms with Crippen LogP contribution in [0.3, 0.4) is 0 Å². The molecule has 1 aliphatic rings. The lowest BCUT2D eigenvalue weighted by Gasteiger charge is -2.16. The van der Waals surface area contributed by atoms with E-state index in [1.165, 1.54) is 22.9 Å². The van der Waals surface area contributed by atoms with Crippen molar-refractivity contribution in [2.24, 2.45) is 11.1 Å². The first-order valence-electron chi connectivity index (χ1n) is 7.34. The monoisotopic (exact) mass is 370 g/mol. The minimum absolute atomic E-state index is 0.109. The van der Waals surface area contributed by atoms with Gasteiger partial charge in [0.25, 0.3) is 5.91 Å². The van der Waals surface area contributed by atoms with Crippen molar-refractivity contribution in [1.82, 2.24) is 5.32 Å². The third-order valence-electron chi connectivity index (χ3n) is 3.89. The molecule has 0 radical (unpaired) electrons. The molecule has 3 N–H and O–H groups in total. The van der Waals surface area contributed by atoms with Crippen LogP contribution in [0.5, 0.6) is 0 Å². The third kappa shape index (κ3) is 3.82. The molecule has 0 aliphatic heterocycles. The van der Waals surface area contributed by atoms with Crippen molar-refractivity contribution in [2.45, 2.75) is 36.9 Å². The smallest absolute Gasteiger partial charge is 0.261 e. The molecule has 0 saturated carbocycles. The van der Waals surface area contributed by atoms with Crippen LogP contribution in [0.25, 0.3) is 0 Å². The van der Waals surface area contributed by atoms with Crippen molar-refractivity contribution < 1.29 is 13.2 Å². The van der Waals surface area contributed by atoms with Crippen LogP contribution >= 0.6 is 22.7 Å². The molecule has 1 unspecified atom stereocenters. The fourth-order valence-electron chi connectivity index (χ4n) is 2.68. The number of primary sulfonamides is 1. The zero-order chi connectivity index (χ0) is 16.6. The van der Waals surface area contributed by atoms with Gasteiger partial charge in [-0.1, -0.05) is 6.92 Å². The van der Waals surface area contributed by atoms with Gasteiger partial charge in [0, 0.05) is 9.75 Å². The number of carbonyl (C=O) groups excluding carboxylic acids is 1. The highest BCUT2D eigenvalue weighted by Gasteiger charge is 2.20. The van der Waals surface area contributed by atoms with Gasteiger partial charge in [-0.05, 0) is 48.9 Å². The Balaban J connectivity index is 1.65. The number of sulfonamides is 1. The summed E-state index contributed by atoms with van der Waals surface area (Å²) < 4.78 is 22.6. The standard InChI is InChI=1S/C15H18N2O3S3/c1-9-2-4-12-10(6-9)7-13(22-12)15(18)17-8-11-3-5-14(21-11)23(16,19)20/h3,5,7,9H,2,4,6,8H2,1H3,(H,17,18)(H2,16,19,20). The number of nitrogens with one attached hydrogen (secondary N) is 1. The third-order valence-corrected chi connectivity index (χ3v) is 7.65. The van der Waals surface area contributed by atoms with E-state index in [4.69, 9.17) is 5.14 Å². The van der Waals surface area contributed by atoms with Crippen LogP contribution in [0.15, 0.2) is 22.4 Å². The van der Waals surface area contributed by atoms with Crippen molar-refractivity contribution in [1.29, 1.82) is 0 Å². The molecule has 2 heterocycles. The number of aryl methyl sites for hydroxylation is 1. The SMILES string of the molecule is CC1CCc2sc(C(=O)NCc3ccc(S(N)(=O)=O)s3)cc2C1. The zero-order valence-electron chi connectivity index (χ0n) is 12.7. The Hall–Kier alpha value is -1.22. The van der Waals surface area contributed by atoms with E-state index >= 15 is 0 Å². The Morgan fingerprint density at radius 1 is 1.39 bits per heavy atom. The maximum Gasteiger partial charge on any atom is 0.261 e. The Bertz CT molecular complexity index is 836. The molecular formula is C15H18N2O3S3. The summed E-state index contributed by atoms with van der Waals surface area (Å²) in [5, 5.41) is 7.93. The summed E-state index contributed by atoms with van der Waals surface area (Å²) in [4.78, 5) is 15.1. The van der Waals surface area contributed by atoms with E-state index in [9.17, 15) is 13.2 Å². The van der Waals surface area contributed by atoms with Crippen LogP contribution in [-0.4, -0.2) is 14.3 Å². The number of carbonyl (C=O) groups is 1. The van der Waals surface area contributed by atoms with Gasteiger partial charge in [-0.2, -0.15) is 0 Å². The lowest BCUT2D eigenvalue weighted by molar-refractivity contribution is 0.0955. The lowest BCUT2D eigenvalue weighted by atomic mass is 9.90. The number of hydrogen-bond donors (Lipinski definition) is 2. The van der Waals surface area contributed by atoms with Gasteiger partial charge in [-0.25, -0.2) is 13.6 Å². The van der Waals surface area contributed by atoms with Crippen molar-refractivity contribution in [3.63, 3.8) is 0 Å². The number of hydrogen-bond acceptors (Lipinski definition) is 5. The molecule has 1 aliphatic carbocycles. The highest BCUT2D eigenvalue weighted by molar-refractivity contribution is 7.91. The van der Waals surface area contributed by atoms with Gasteiger partial charge in [0.05, 0.1) is 11.4 Å². The molecule has 0 bridgehead atoms. The highest BCUT2D eigenvalue weighted by Crippen LogP contribution is 2.32. The first-order chi connectivity index (χ1) is 10.8. The van der Waals surface area contributed by atoms with Gasteiger partial charge in [-0.3, -0.25) is 4.79 Å². The summed E-state index contributed by atoms with van der Waals surface area (Å²) in [5.41, 5.74) is 1.30. The van der Waals surface area contributed by atoms with Crippen LogP contribution in [0.1, 0.15) is 38.3 Å². The largest absolute Gasteiger partial charge is 0.346 e. The summed E-state index contributed by atoms with van der Waals surface area (Å²) in [6, 6.07) is 5.13. The first-order valence-corrected chi connectivity index (χ1v) is 10.5. The molecule has 124 valence electrons. The molecule has 3 rings (SSSR count). The van der Waals surface area contributed by atoms with Gasteiger partial charge in [-0.15, -0.1) is 22.7 Å². The zero-order valence-corrected chi connectivity index (χ0v) is 15.1. The fraction of sp³-hybridized carbons (Fsp3) is 0.400. The van der Waals surface area contributed by atoms with Crippen LogP contribution in [0, 0.1) is 5.92 Å². The molecule has 2 aromatic heterocycles. The van der Waals surface area contributed by atoms with Crippen molar-refractivity contribution in [3.05, 3.63) is 38.4 Å². The highest BCUT2D eigenvalue weighted by atomic mass is 32.2. The number of rotatable bonds is 4. The van der Waals surface area contributed by atoms with Crippen LogP contribution < -0.4 is 10.5 Å². The predicted molar refractivity (Wildman–Crippen MR) is 92.4 cm³/mol. The van der Waals surface area contributed by atoms with E-state index in [0.717, 1.165) is 33.9 Å². The second-order valence-electron chi connectivity index (χ2n) is 5.86. The minimum atomic E-state index is -3.67. The Morgan fingerprint density at radius 3 is 2.87 bits per heavy atom. The summed E-state index contributed by atoms with van der Waals surface area (Å²) in [6.07, 6.45) is 3.28. The first kappa shape index (κ1) is 16.6. The van der Waals surface area contributed by atoms with Gasteiger partial charge in [0.1, 0.15) is 4.21 Å². The van der Waals surface area contributed by atoms with E-state index < -0.39 is 10.0 Å². The number of fused-ring (bicyclic) bond motifs is 1. The molecule has 1 atom stereocenters. The molecule has 0 saturated heterocycles. The second-order valence-corrected chi connectivity index (χ2v) is 9.95. The molecule has 0 fully saturated rings. The molecule has 5 nitrogen and oxygen atoms in total. The summed E-state index contributed by atoms with van der Waals surface area (Å²) in [5.74, 6) is 0.568. The van der Waals surface area contributed by atoms with Gasteiger partial charge < -0.3 is 5.32 Å². The Kier molecular flexibility index (Phi) is 4.59. The van der Waals surface area contributed by atoms with E-state index in [1.54, 1.807) is 17.4 Å². The number of thiophene rings is 2. The maximum atomic E-state index is 12.3. The average Bonchev–Trinajstić information content (AvgIpc) is 3.10. The molecule has 23 heavy (non-hydrogen) atoms. The lowest BCUT2D eigenvalue weighted by Crippen LogP contribution is -2.21. The topological polar surface area (TPSA) is 89.3 Å². The Labute approximate surface area is 143 Å². The van der Waals surface area contributed by atoms with E-state index in [0.29, 0.717) is 12.5 Å². The fourth-order valence-corrected chi connectivity index (χ4v) is 5.52. The van der Waals surface area contributed by atoms with Gasteiger partial charge >= 0.3 is 0 Å². The minimum Gasteiger partial charge on any atom is -0.346 e. The van der Waals surface area contributed by atoms with E-state index in [-0.39, 0.29) is 10.1 Å². The number of amides is 1. The Morgan fingerprint density at radius 2 is 2.17 bits per heavy atom. The molecule has 0 aromatic carbocycles. The van der Waals surface area contributed by atoms with Crippen LogP contribution in [0.2, 0.25) is 0 Å². The van der Waals surface area contributed by atoms with Crippen LogP contribution in [0.4, 0.5) is 0 Å². The van der Waals surface area contributed by atoms with Crippen LogP contribution in [-0.2, 0) is 29.4 Å². The quantitative estimate of drug-likeness (QED) is 0.866. The maximum absolute atomic E-state index is 12.3. The molecule has 8 heteroatoms. The molecule has 1 amide bonds. The molecule has 2 aromatic rings. The molecular weight excluding hydrogens is 352 g/mol. The average molecular weight is 371 g/mol. The van der Waals surface area contributed by atoms with Gasteiger partial charge in [0.15, 0.2) is 0 Å². The van der Waals surface area contributed by atoms with Crippen molar-refractivity contribution in [2.75, 3.05) is 0 Å². The second kappa shape index (κ2) is 6.35.